The van der Waals surface area contributed by atoms with Gasteiger partial charge in [0.05, 0.1) is 0 Å². The molecule has 0 amide bonds. The van der Waals surface area contributed by atoms with Gasteiger partial charge in [0.2, 0.25) is 0 Å². The summed E-state index contributed by atoms with van der Waals surface area (Å²) in [5.41, 5.74) is 7.78. The second-order valence-electron chi connectivity index (χ2n) is 6.22. The van der Waals surface area contributed by atoms with Crippen molar-refractivity contribution in [3.8, 4) is 22.3 Å². The summed E-state index contributed by atoms with van der Waals surface area (Å²) >= 11 is 0. The van der Waals surface area contributed by atoms with Gasteiger partial charge in [0, 0.05) is 0 Å². The van der Waals surface area contributed by atoms with Crippen molar-refractivity contribution in [2.75, 3.05) is 0 Å². The molecule has 0 aliphatic heterocycles. The van der Waals surface area contributed by atoms with Crippen LogP contribution in [-0.4, -0.2) is 0 Å². The van der Waals surface area contributed by atoms with E-state index in [2.05, 4.69) is 93.6 Å². The second kappa shape index (κ2) is 6.19. The monoisotopic (exact) mass is 286 g/mol. The van der Waals surface area contributed by atoms with E-state index < -0.39 is 0 Å². The molecule has 0 radical (unpaired) electrons. The molecular formula is C22H22. The minimum absolute atomic E-state index is 0.581. The molecular weight excluding hydrogens is 264 g/mol. The van der Waals surface area contributed by atoms with Gasteiger partial charge < -0.3 is 0 Å². The van der Waals surface area contributed by atoms with Crippen LogP contribution in [-0.2, 0) is 0 Å². The zero-order valence-corrected chi connectivity index (χ0v) is 13.5. The van der Waals surface area contributed by atoms with Gasteiger partial charge in [0.15, 0.2) is 0 Å². The molecule has 0 N–H and O–H groups in total. The highest BCUT2D eigenvalue weighted by atomic mass is 14.1. The first-order valence-corrected chi connectivity index (χ1v) is 7.91. The molecule has 0 aliphatic rings. The smallest absolute Gasteiger partial charge is 0.0181 e. The van der Waals surface area contributed by atoms with E-state index >= 15 is 0 Å². The van der Waals surface area contributed by atoms with Crippen LogP contribution < -0.4 is 0 Å². The summed E-state index contributed by atoms with van der Waals surface area (Å²) in [6.07, 6.45) is 0. The Morgan fingerprint density at radius 3 is 1.59 bits per heavy atom. The van der Waals surface area contributed by atoms with Crippen molar-refractivity contribution in [3.63, 3.8) is 0 Å². The zero-order valence-electron chi connectivity index (χ0n) is 13.5. The van der Waals surface area contributed by atoms with Gasteiger partial charge in [-0.15, -0.1) is 0 Å². The van der Waals surface area contributed by atoms with Crippen LogP contribution >= 0.6 is 0 Å². The number of hydrogen-bond donors (Lipinski definition) is 0. The second-order valence-corrected chi connectivity index (χ2v) is 6.22. The van der Waals surface area contributed by atoms with Crippen LogP contribution in [0.3, 0.4) is 0 Å². The van der Waals surface area contributed by atoms with Gasteiger partial charge in [0.25, 0.3) is 0 Å². The third kappa shape index (κ3) is 3.12. The van der Waals surface area contributed by atoms with Crippen LogP contribution in [0.2, 0.25) is 0 Å². The minimum atomic E-state index is 0.581. The molecule has 110 valence electrons. The summed E-state index contributed by atoms with van der Waals surface area (Å²) in [5, 5.41) is 0. The molecule has 22 heavy (non-hydrogen) atoms. The van der Waals surface area contributed by atoms with Gasteiger partial charge in [-0.2, -0.15) is 0 Å². The quantitative estimate of drug-likeness (QED) is 0.519. The van der Waals surface area contributed by atoms with E-state index in [0.717, 1.165) is 0 Å². The van der Waals surface area contributed by atoms with Gasteiger partial charge in [-0.05, 0) is 40.7 Å². The van der Waals surface area contributed by atoms with E-state index in [4.69, 9.17) is 0 Å². The highest BCUT2D eigenvalue weighted by molar-refractivity contribution is 5.70. The van der Waals surface area contributed by atoms with E-state index in [-0.39, 0.29) is 0 Å². The first-order chi connectivity index (χ1) is 10.6. The first kappa shape index (κ1) is 14.6. The van der Waals surface area contributed by atoms with Gasteiger partial charge in [-0.1, -0.05) is 92.2 Å². The minimum Gasteiger partial charge on any atom is -0.0614 e. The number of rotatable bonds is 3. The molecule has 0 heteroatoms. The van der Waals surface area contributed by atoms with E-state index in [0.29, 0.717) is 5.92 Å². The molecule has 0 saturated carbocycles. The van der Waals surface area contributed by atoms with Gasteiger partial charge in [-0.3, -0.25) is 0 Å². The Bertz CT molecular complexity index is 747. The lowest BCUT2D eigenvalue weighted by atomic mass is 9.97. The first-order valence-electron chi connectivity index (χ1n) is 7.91. The number of benzene rings is 3. The van der Waals surface area contributed by atoms with E-state index in [1.165, 1.54) is 33.4 Å². The van der Waals surface area contributed by atoms with Crippen molar-refractivity contribution >= 4 is 0 Å². The molecule has 0 aliphatic carbocycles. The van der Waals surface area contributed by atoms with Crippen molar-refractivity contribution in [2.24, 2.45) is 0 Å². The molecule has 0 spiro atoms. The highest BCUT2D eigenvalue weighted by Gasteiger charge is 2.02. The Labute approximate surface area is 133 Å². The Kier molecular flexibility index (Phi) is 4.11. The van der Waals surface area contributed by atoms with Crippen LogP contribution in [0.4, 0.5) is 0 Å². The lowest BCUT2D eigenvalue weighted by Gasteiger charge is -2.08. The molecule has 0 nitrogen and oxygen atoms in total. The summed E-state index contributed by atoms with van der Waals surface area (Å²) in [6.45, 7) is 6.59. The predicted molar refractivity (Wildman–Crippen MR) is 96.1 cm³/mol. The van der Waals surface area contributed by atoms with E-state index in [1.807, 2.05) is 0 Å². The van der Waals surface area contributed by atoms with E-state index in [9.17, 15) is 0 Å². The fourth-order valence-electron chi connectivity index (χ4n) is 2.74. The van der Waals surface area contributed by atoms with E-state index in [1.54, 1.807) is 0 Å². The Hall–Kier alpha value is -2.34. The fraction of sp³-hybridized carbons (Fsp3) is 0.182. The van der Waals surface area contributed by atoms with Gasteiger partial charge >= 0.3 is 0 Å². The summed E-state index contributed by atoms with van der Waals surface area (Å²) < 4.78 is 0. The van der Waals surface area contributed by atoms with Crippen LogP contribution in [0, 0.1) is 6.92 Å². The van der Waals surface area contributed by atoms with Crippen molar-refractivity contribution in [1.82, 2.24) is 0 Å². The van der Waals surface area contributed by atoms with Crippen LogP contribution in [0.5, 0.6) is 0 Å². The third-order valence-corrected chi connectivity index (χ3v) is 4.15. The molecule has 0 heterocycles. The lowest BCUT2D eigenvalue weighted by molar-refractivity contribution is 0.867. The Balaban J connectivity index is 1.88. The highest BCUT2D eigenvalue weighted by Crippen LogP contribution is 2.26. The average molecular weight is 286 g/mol. The summed E-state index contributed by atoms with van der Waals surface area (Å²) in [4.78, 5) is 0. The normalized spacial score (nSPS) is 10.9. The zero-order chi connectivity index (χ0) is 15.5. The molecule has 3 rings (SSSR count). The maximum atomic E-state index is 2.23. The van der Waals surface area contributed by atoms with Crippen LogP contribution in [0.15, 0.2) is 72.8 Å². The van der Waals surface area contributed by atoms with Crippen molar-refractivity contribution in [3.05, 3.63) is 83.9 Å². The lowest BCUT2D eigenvalue weighted by Crippen LogP contribution is -1.87. The van der Waals surface area contributed by atoms with Gasteiger partial charge in [-0.25, -0.2) is 0 Å². The van der Waals surface area contributed by atoms with Crippen molar-refractivity contribution in [1.29, 1.82) is 0 Å². The van der Waals surface area contributed by atoms with Crippen molar-refractivity contribution < 1.29 is 0 Å². The third-order valence-electron chi connectivity index (χ3n) is 4.15. The van der Waals surface area contributed by atoms with Crippen molar-refractivity contribution in [2.45, 2.75) is 26.7 Å². The number of aryl methyl sites for hydroxylation is 1. The molecule has 3 aromatic rings. The molecule has 0 unspecified atom stereocenters. The maximum absolute atomic E-state index is 2.23. The Morgan fingerprint density at radius 2 is 1.09 bits per heavy atom. The summed E-state index contributed by atoms with van der Waals surface area (Å²) in [7, 11) is 0. The Morgan fingerprint density at radius 1 is 0.591 bits per heavy atom. The van der Waals surface area contributed by atoms with Crippen LogP contribution in [0.25, 0.3) is 22.3 Å². The molecule has 0 fully saturated rings. The molecule has 0 aromatic heterocycles. The van der Waals surface area contributed by atoms with Gasteiger partial charge in [0.1, 0.15) is 0 Å². The SMILES string of the molecule is Cc1cccc(-c2ccc(-c3ccc(C(C)C)cc3)cc2)c1. The topological polar surface area (TPSA) is 0 Å². The standard InChI is InChI=1S/C22H22/c1-16(2)18-7-9-19(10-8-18)20-11-13-21(14-12-20)22-6-4-5-17(3)15-22/h4-16H,1-3H3. The predicted octanol–water partition coefficient (Wildman–Crippen LogP) is 6.45. The molecule has 0 saturated heterocycles. The molecule has 0 atom stereocenters. The molecule has 3 aromatic carbocycles. The molecule has 0 bridgehead atoms. The fourth-order valence-corrected chi connectivity index (χ4v) is 2.74. The summed E-state index contributed by atoms with van der Waals surface area (Å²) in [5.74, 6) is 0.581. The number of hydrogen-bond acceptors (Lipinski definition) is 0. The van der Waals surface area contributed by atoms with Crippen LogP contribution in [0.1, 0.15) is 30.9 Å². The largest absolute Gasteiger partial charge is 0.0614 e. The maximum Gasteiger partial charge on any atom is -0.0181 e. The summed E-state index contributed by atoms with van der Waals surface area (Å²) in [6, 6.07) is 26.4. The average Bonchev–Trinajstić information content (AvgIpc) is 2.55.